The van der Waals surface area contributed by atoms with Crippen LogP contribution in [0.2, 0.25) is 0 Å². The first-order chi connectivity index (χ1) is 9.38. The van der Waals surface area contributed by atoms with Crippen LogP contribution in [0.1, 0.15) is 32.8 Å². The standard InChI is InChI=1S/C16H25NO3/c1-6-20-15(18)14(11-16(3,4)19-5)17-13-9-7-8-12(2)10-13/h7-10,14,17H,6,11H2,1-5H3. The van der Waals surface area contributed by atoms with Crippen molar-refractivity contribution in [2.24, 2.45) is 0 Å². The highest BCUT2D eigenvalue weighted by molar-refractivity contribution is 5.79. The predicted octanol–water partition coefficient (Wildman–Crippen LogP) is 3.15. The molecule has 0 aromatic heterocycles. The molecule has 0 heterocycles. The first-order valence-corrected chi connectivity index (χ1v) is 6.93. The van der Waals surface area contributed by atoms with Crippen LogP contribution in [-0.2, 0) is 14.3 Å². The molecule has 1 aromatic rings. The molecule has 0 fully saturated rings. The van der Waals surface area contributed by atoms with Crippen LogP contribution in [-0.4, -0.2) is 31.3 Å². The summed E-state index contributed by atoms with van der Waals surface area (Å²) in [5.41, 5.74) is 1.66. The summed E-state index contributed by atoms with van der Waals surface area (Å²) in [7, 11) is 1.65. The molecule has 0 saturated carbocycles. The second-order valence-electron chi connectivity index (χ2n) is 5.49. The monoisotopic (exact) mass is 279 g/mol. The maximum atomic E-state index is 12.1. The Labute approximate surface area is 121 Å². The van der Waals surface area contributed by atoms with E-state index in [0.717, 1.165) is 11.3 Å². The lowest BCUT2D eigenvalue weighted by Gasteiger charge is -2.28. The minimum Gasteiger partial charge on any atom is -0.464 e. The third-order valence-electron chi connectivity index (χ3n) is 3.18. The third kappa shape index (κ3) is 5.21. The van der Waals surface area contributed by atoms with E-state index in [1.54, 1.807) is 7.11 Å². The average Bonchev–Trinajstić information content (AvgIpc) is 2.38. The number of ether oxygens (including phenoxy) is 2. The maximum absolute atomic E-state index is 12.1. The number of aryl methyl sites for hydroxylation is 1. The normalized spacial score (nSPS) is 12.8. The maximum Gasteiger partial charge on any atom is 0.328 e. The highest BCUT2D eigenvalue weighted by Crippen LogP contribution is 2.20. The number of anilines is 1. The molecule has 20 heavy (non-hydrogen) atoms. The number of esters is 1. The summed E-state index contributed by atoms with van der Waals surface area (Å²) in [6.07, 6.45) is 0.538. The molecule has 0 aliphatic heterocycles. The zero-order valence-corrected chi connectivity index (χ0v) is 13.0. The van der Waals surface area contributed by atoms with E-state index >= 15 is 0 Å². The summed E-state index contributed by atoms with van der Waals surface area (Å²) < 4.78 is 10.5. The van der Waals surface area contributed by atoms with Gasteiger partial charge in [0.2, 0.25) is 0 Å². The van der Waals surface area contributed by atoms with E-state index in [1.165, 1.54) is 0 Å². The lowest BCUT2D eigenvalue weighted by molar-refractivity contribution is -0.145. The van der Waals surface area contributed by atoms with Crippen LogP contribution in [0, 0.1) is 6.92 Å². The number of hydrogen-bond acceptors (Lipinski definition) is 4. The van der Waals surface area contributed by atoms with Crippen molar-refractivity contribution in [1.29, 1.82) is 0 Å². The smallest absolute Gasteiger partial charge is 0.328 e. The van der Waals surface area contributed by atoms with E-state index in [9.17, 15) is 4.79 Å². The molecule has 0 saturated heterocycles. The van der Waals surface area contributed by atoms with Gasteiger partial charge >= 0.3 is 5.97 Å². The fourth-order valence-electron chi connectivity index (χ4n) is 1.95. The summed E-state index contributed by atoms with van der Waals surface area (Å²) in [5.74, 6) is -0.251. The van der Waals surface area contributed by atoms with Gasteiger partial charge in [-0.2, -0.15) is 0 Å². The Morgan fingerprint density at radius 2 is 2.10 bits per heavy atom. The van der Waals surface area contributed by atoms with Gasteiger partial charge < -0.3 is 14.8 Å². The highest BCUT2D eigenvalue weighted by atomic mass is 16.5. The molecule has 0 bridgehead atoms. The topological polar surface area (TPSA) is 47.6 Å². The summed E-state index contributed by atoms with van der Waals surface area (Å²) >= 11 is 0. The predicted molar refractivity (Wildman–Crippen MR) is 80.9 cm³/mol. The lowest BCUT2D eigenvalue weighted by atomic mass is 9.98. The molecule has 1 N–H and O–H groups in total. The van der Waals surface area contributed by atoms with E-state index in [4.69, 9.17) is 9.47 Å². The Balaban J connectivity index is 2.84. The van der Waals surface area contributed by atoms with Crippen molar-refractivity contribution in [2.75, 3.05) is 19.0 Å². The van der Waals surface area contributed by atoms with E-state index in [0.29, 0.717) is 13.0 Å². The minimum absolute atomic E-state index is 0.251. The van der Waals surface area contributed by atoms with Crippen LogP contribution in [0.3, 0.4) is 0 Å². The van der Waals surface area contributed by atoms with Crippen molar-refractivity contribution in [1.82, 2.24) is 0 Å². The van der Waals surface area contributed by atoms with Crippen molar-refractivity contribution in [3.8, 4) is 0 Å². The largest absolute Gasteiger partial charge is 0.464 e. The van der Waals surface area contributed by atoms with Crippen LogP contribution in [0.4, 0.5) is 5.69 Å². The van der Waals surface area contributed by atoms with Gasteiger partial charge in [-0.15, -0.1) is 0 Å². The molecule has 0 radical (unpaired) electrons. The van der Waals surface area contributed by atoms with Gasteiger partial charge in [-0.25, -0.2) is 4.79 Å². The Morgan fingerprint density at radius 1 is 1.40 bits per heavy atom. The second-order valence-corrected chi connectivity index (χ2v) is 5.49. The van der Waals surface area contributed by atoms with Crippen molar-refractivity contribution in [3.05, 3.63) is 29.8 Å². The summed E-state index contributed by atoms with van der Waals surface area (Å²) in [6.45, 7) is 8.11. The molecule has 0 spiro atoms. The lowest BCUT2D eigenvalue weighted by Crippen LogP contribution is -2.39. The number of carbonyl (C=O) groups excluding carboxylic acids is 1. The zero-order valence-electron chi connectivity index (χ0n) is 13.0. The molecule has 4 nitrogen and oxygen atoms in total. The molecule has 1 atom stereocenters. The fraction of sp³-hybridized carbons (Fsp3) is 0.562. The first-order valence-electron chi connectivity index (χ1n) is 6.93. The van der Waals surface area contributed by atoms with Gasteiger partial charge in [0.25, 0.3) is 0 Å². The molecule has 1 unspecified atom stereocenters. The Hall–Kier alpha value is -1.55. The summed E-state index contributed by atoms with van der Waals surface area (Å²) in [6, 6.07) is 7.50. The van der Waals surface area contributed by atoms with Crippen LogP contribution in [0.15, 0.2) is 24.3 Å². The fourth-order valence-corrected chi connectivity index (χ4v) is 1.95. The highest BCUT2D eigenvalue weighted by Gasteiger charge is 2.28. The SMILES string of the molecule is CCOC(=O)C(CC(C)(C)OC)Nc1cccc(C)c1. The van der Waals surface area contributed by atoms with Gasteiger partial charge in [0.15, 0.2) is 0 Å². The molecule has 1 rings (SSSR count). The van der Waals surface area contributed by atoms with E-state index in [2.05, 4.69) is 5.32 Å². The number of nitrogens with one attached hydrogen (secondary N) is 1. The quantitative estimate of drug-likeness (QED) is 0.779. The molecule has 1 aromatic carbocycles. The van der Waals surface area contributed by atoms with Crippen molar-refractivity contribution in [3.63, 3.8) is 0 Å². The van der Waals surface area contributed by atoms with Gasteiger partial charge in [-0.05, 0) is 45.4 Å². The van der Waals surface area contributed by atoms with Gasteiger partial charge in [-0.3, -0.25) is 0 Å². The zero-order chi connectivity index (χ0) is 15.2. The van der Waals surface area contributed by atoms with E-state index in [-0.39, 0.29) is 5.97 Å². The first kappa shape index (κ1) is 16.5. The molecular formula is C16H25NO3. The van der Waals surface area contributed by atoms with Gasteiger partial charge in [0.1, 0.15) is 6.04 Å². The van der Waals surface area contributed by atoms with Gasteiger partial charge in [0, 0.05) is 19.2 Å². The van der Waals surface area contributed by atoms with Crippen LogP contribution >= 0.6 is 0 Å². The molecule has 0 amide bonds. The van der Waals surface area contributed by atoms with E-state index < -0.39 is 11.6 Å². The number of methoxy groups -OCH3 is 1. The van der Waals surface area contributed by atoms with Crippen molar-refractivity contribution < 1.29 is 14.3 Å². The van der Waals surface area contributed by atoms with Gasteiger partial charge in [-0.1, -0.05) is 12.1 Å². The molecular weight excluding hydrogens is 254 g/mol. The van der Waals surface area contributed by atoms with Gasteiger partial charge in [0.05, 0.1) is 12.2 Å². The Morgan fingerprint density at radius 3 is 2.65 bits per heavy atom. The number of benzene rings is 1. The molecule has 0 aliphatic carbocycles. The number of hydrogen-bond donors (Lipinski definition) is 1. The number of rotatable bonds is 7. The third-order valence-corrected chi connectivity index (χ3v) is 3.18. The van der Waals surface area contributed by atoms with Crippen molar-refractivity contribution in [2.45, 2.75) is 45.8 Å². The molecule has 112 valence electrons. The van der Waals surface area contributed by atoms with Crippen LogP contribution < -0.4 is 5.32 Å². The van der Waals surface area contributed by atoms with E-state index in [1.807, 2.05) is 52.0 Å². The molecule has 4 heteroatoms. The summed E-state index contributed by atoms with van der Waals surface area (Å²) in [4.78, 5) is 12.1. The van der Waals surface area contributed by atoms with Crippen LogP contribution in [0.25, 0.3) is 0 Å². The second kappa shape index (κ2) is 7.29. The average molecular weight is 279 g/mol. The van der Waals surface area contributed by atoms with Crippen LogP contribution in [0.5, 0.6) is 0 Å². The molecule has 0 aliphatic rings. The Kier molecular flexibility index (Phi) is 6.02. The number of carbonyl (C=O) groups is 1. The van der Waals surface area contributed by atoms with Crippen molar-refractivity contribution >= 4 is 11.7 Å². The minimum atomic E-state index is -0.424. The Bertz CT molecular complexity index is 443. The summed E-state index contributed by atoms with van der Waals surface area (Å²) in [5, 5.41) is 3.24.